The third kappa shape index (κ3) is 4.71. The van der Waals surface area contributed by atoms with Gasteiger partial charge in [-0.2, -0.15) is 0 Å². The van der Waals surface area contributed by atoms with Crippen LogP contribution in [-0.2, 0) is 4.79 Å². The third-order valence-corrected chi connectivity index (χ3v) is 4.87. The SMILES string of the molecule is Cc1cc(C)c2c(c1)[C@@H](NC(=O)COc1ccc(Oc3ccccn3)cc1)CCO2. The Hall–Kier alpha value is -3.54. The van der Waals surface area contributed by atoms with Crippen LogP contribution in [0.5, 0.6) is 23.1 Å². The summed E-state index contributed by atoms with van der Waals surface area (Å²) in [5, 5.41) is 3.07. The zero-order valence-corrected chi connectivity index (χ0v) is 17.1. The largest absolute Gasteiger partial charge is 0.493 e. The van der Waals surface area contributed by atoms with Crippen molar-refractivity contribution in [2.24, 2.45) is 0 Å². The molecule has 0 bridgehead atoms. The minimum Gasteiger partial charge on any atom is -0.493 e. The van der Waals surface area contributed by atoms with Gasteiger partial charge in [0.25, 0.3) is 5.91 Å². The lowest BCUT2D eigenvalue weighted by Crippen LogP contribution is -2.35. The molecule has 2 heterocycles. The van der Waals surface area contributed by atoms with Crippen molar-refractivity contribution in [2.75, 3.05) is 13.2 Å². The molecule has 4 rings (SSSR count). The fourth-order valence-corrected chi connectivity index (χ4v) is 3.54. The molecule has 1 amide bonds. The molecule has 0 saturated heterocycles. The maximum Gasteiger partial charge on any atom is 0.258 e. The molecule has 6 heteroatoms. The summed E-state index contributed by atoms with van der Waals surface area (Å²) < 4.78 is 17.1. The molecule has 154 valence electrons. The Kier molecular flexibility index (Phi) is 5.84. The zero-order chi connectivity index (χ0) is 20.9. The van der Waals surface area contributed by atoms with Gasteiger partial charge in [0.2, 0.25) is 5.88 Å². The van der Waals surface area contributed by atoms with Crippen molar-refractivity contribution in [3.05, 3.63) is 77.5 Å². The Morgan fingerprint density at radius 2 is 1.93 bits per heavy atom. The Labute approximate surface area is 175 Å². The van der Waals surface area contributed by atoms with Crippen LogP contribution in [0.2, 0.25) is 0 Å². The Balaban J connectivity index is 1.33. The summed E-state index contributed by atoms with van der Waals surface area (Å²) in [6.45, 7) is 4.60. The maximum absolute atomic E-state index is 12.5. The molecular weight excluding hydrogens is 380 g/mol. The van der Waals surface area contributed by atoms with Crippen molar-refractivity contribution in [1.29, 1.82) is 0 Å². The first-order valence-corrected chi connectivity index (χ1v) is 9.93. The van der Waals surface area contributed by atoms with E-state index in [0.717, 1.165) is 28.9 Å². The first-order chi connectivity index (χ1) is 14.6. The highest BCUT2D eigenvalue weighted by Crippen LogP contribution is 2.35. The number of hydrogen-bond donors (Lipinski definition) is 1. The van der Waals surface area contributed by atoms with E-state index < -0.39 is 0 Å². The van der Waals surface area contributed by atoms with Gasteiger partial charge in [-0.15, -0.1) is 0 Å². The van der Waals surface area contributed by atoms with Crippen molar-refractivity contribution in [3.8, 4) is 23.1 Å². The third-order valence-electron chi connectivity index (χ3n) is 4.87. The van der Waals surface area contributed by atoms with Gasteiger partial charge in [-0.05, 0) is 49.7 Å². The summed E-state index contributed by atoms with van der Waals surface area (Å²) in [5.74, 6) is 2.47. The molecule has 3 aromatic rings. The summed E-state index contributed by atoms with van der Waals surface area (Å²) in [6, 6.07) is 16.7. The number of carbonyl (C=O) groups is 1. The second-order valence-corrected chi connectivity index (χ2v) is 7.29. The topological polar surface area (TPSA) is 69.7 Å². The molecule has 1 atom stereocenters. The van der Waals surface area contributed by atoms with Gasteiger partial charge in [-0.3, -0.25) is 4.79 Å². The molecule has 0 saturated carbocycles. The normalized spacial score (nSPS) is 14.9. The monoisotopic (exact) mass is 404 g/mol. The van der Waals surface area contributed by atoms with E-state index in [9.17, 15) is 4.79 Å². The molecule has 1 aliphatic heterocycles. The maximum atomic E-state index is 12.5. The summed E-state index contributed by atoms with van der Waals surface area (Å²) in [4.78, 5) is 16.6. The van der Waals surface area contributed by atoms with E-state index in [1.165, 1.54) is 0 Å². The summed E-state index contributed by atoms with van der Waals surface area (Å²) in [5.41, 5.74) is 3.27. The lowest BCUT2D eigenvalue weighted by Gasteiger charge is -2.28. The highest BCUT2D eigenvalue weighted by molar-refractivity contribution is 5.78. The van der Waals surface area contributed by atoms with E-state index in [0.29, 0.717) is 24.0 Å². The standard InChI is InChI=1S/C24H24N2O4/c1-16-13-17(2)24-20(14-16)21(10-12-28-24)26-22(27)15-29-18-6-8-19(9-7-18)30-23-5-3-4-11-25-23/h3-9,11,13-14,21H,10,12,15H2,1-2H3,(H,26,27)/t21-/m0/s1. The highest BCUT2D eigenvalue weighted by Gasteiger charge is 2.24. The van der Waals surface area contributed by atoms with Crippen molar-refractivity contribution in [3.63, 3.8) is 0 Å². The average Bonchev–Trinajstić information content (AvgIpc) is 2.74. The van der Waals surface area contributed by atoms with Gasteiger partial charge in [0.05, 0.1) is 12.6 Å². The smallest absolute Gasteiger partial charge is 0.258 e. The molecule has 1 aromatic heterocycles. The minimum atomic E-state index is -0.166. The van der Waals surface area contributed by atoms with Gasteiger partial charge in [-0.25, -0.2) is 4.98 Å². The van der Waals surface area contributed by atoms with Crippen LogP contribution in [0.15, 0.2) is 60.8 Å². The Morgan fingerprint density at radius 3 is 2.70 bits per heavy atom. The van der Waals surface area contributed by atoms with Crippen LogP contribution in [0, 0.1) is 13.8 Å². The molecule has 0 fully saturated rings. The fraction of sp³-hybridized carbons (Fsp3) is 0.250. The molecule has 0 unspecified atom stereocenters. The first kappa shape index (κ1) is 19.8. The fourth-order valence-electron chi connectivity index (χ4n) is 3.54. The number of fused-ring (bicyclic) bond motifs is 1. The number of aryl methyl sites for hydroxylation is 2. The molecule has 0 radical (unpaired) electrons. The lowest BCUT2D eigenvalue weighted by atomic mass is 9.95. The van der Waals surface area contributed by atoms with Crippen molar-refractivity contribution < 1.29 is 19.0 Å². The van der Waals surface area contributed by atoms with Crippen LogP contribution < -0.4 is 19.5 Å². The number of ether oxygens (including phenoxy) is 3. The molecule has 1 aliphatic rings. The van der Waals surface area contributed by atoms with Gasteiger partial charge in [0.1, 0.15) is 17.2 Å². The van der Waals surface area contributed by atoms with Crippen LogP contribution in [-0.4, -0.2) is 24.1 Å². The molecule has 6 nitrogen and oxygen atoms in total. The number of hydrogen-bond acceptors (Lipinski definition) is 5. The molecule has 2 aromatic carbocycles. The van der Waals surface area contributed by atoms with Gasteiger partial charge < -0.3 is 19.5 Å². The number of rotatable bonds is 6. The molecule has 1 N–H and O–H groups in total. The highest BCUT2D eigenvalue weighted by atomic mass is 16.5. The second-order valence-electron chi connectivity index (χ2n) is 7.29. The number of carbonyl (C=O) groups excluding carboxylic acids is 1. The van der Waals surface area contributed by atoms with E-state index in [4.69, 9.17) is 14.2 Å². The van der Waals surface area contributed by atoms with Gasteiger partial charge in [0, 0.05) is 24.2 Å². The van der Waals surface area contributed by atoms with E-state index in [2.05, 4.69) is 22.4 Å². The summed E-state index contributed by atoms with van der Waals surface area (Å²) >= 11 is 0. The minimum absolute atomic E-state index is 0.0576. The summed E-state index contributed by atoms with van der Waals surface area (Å²) in [6.07, 6.45) is 2.41. The zero-order valence-electron chi connectivity index (χ0n) is 17.1. The van der Waals surface area contributed by atoms with Gasteiger partial charge in [0.15, 0.2) is 6.61 Å². The lowest BCUT2D eigenvalue weighted by molar-refractivity contribution is -0.124. The number of benzene rings is 2. The first-order valence-electron chi connectivity index (χ1n) is 9.93. The van der Waals surface area contributed by atoms with Crippen LogP contribution in [0.1, 0.15) is 29.2 Å². The predicted molar refractivity (Wildman–Crippen MR) is 113 cm³/mol. The van der Waals surface area contributed by atoms with E-state index >= 15 is 0 Å². The van der Waals surface area contributed by atoms with Crippen LogP contribution >= 0.6 is 0 Å². The number of nitrogens with one attached hydrogen (secondary N) is 1. The molecular formula is C24H24N2O4. The number of nitrogens with zero attached hydrogens (tertiary/aromatic N) is 1. The van der Waals surface area contributed by atoms with Crippen molar-refractivity contribution in [1.82, 2.24) is 10.3 Å². The molecule has 0 spiro atoms. The van der Waals surface area contributed by atoms with E-state index in [-0.39, 0.29) is 18.6 Å². The van der Waals surface area contributed by atoms with Gasteiger partial charge >= 0.3 is 0 Å². The molecule has 30 heavy (non-hydrogen) atoms. The van der Waals surface area contributed by atoms with Crippen molar-refractivity contribution >= 4 is 5.91 Å². The van der Waals surface area contributed by atoms with Gasteiger partial charge in [-0.1, -0.05) is 23.8 Å². The number of aromatic nitrogens is 1. The molecule has 0 aliphatic carbocycles. The van der Waals surface area contributed by atoms with Crippen LogP contribution in [0.3, 0.4) is 0 Å². The van der Waals surface area contributed by atoms with Crippen LogP contribution in [0.25, 0.3) is 0 Å². The van der Waals surface area contributed by atoms with E-state index in [1.807, 2.05) is 26.0 Å². The predicted octanol–water partition coefficient (Wildman–Crippen LogP) is 4.51. The number of pyridine rings is 1. The second kappa shape index (κ2) is 8.86. The average molecular weight is 404 g/mol. The Morgan fingerprint density at radius 1 is 1.13 bits per heavy atom. The Bertz CT molecular complexity index is 1020. The van der Waals surface area contributed by atoms with E-state index in [1.54, 1.807) is 36.5 Å². The summed E-state index contributed by atoms with van der Waals surface area (Å²) in [7, 11) is 0. The van der Waals surface area contributed by atoms with Crippen LogP contribution in [0.4, 0.5) is 0 Å². The van der Waals surface area contributed by atoms with Crippen molar-refractivity contribution in [2.45, 2.75) is 26.3 Å². The number of amides is 1. The quantitative estimate of drug-likeness (QED) is 0.655.